The molecule has 1 aromatic heterocycles. The fraction of sp³-hybridized carbons (Fsp3) is 0.304. The minimum atomic E-state index is 0.0968. The van der Waals surface area contributed by atoms with Crippen LogP contribution in [0.2, 0.25) is 0 Å². The summed E-state index contributed by atoms with van der Waals surface area (Å²) in [7, 11) is 3.26. The summed E-state index contributed by atoms with van der Waals surface area (Å²) in [5, 5.41) is 4.19. The highest BCUT2D eigenvalue weighted by Crippen LogP contribution is 2.32. The third-order valence-corrected chi connectivity index (χ3v) is 5.09. The molecule has 150 valence electrons. The second-order valence-electron chi connectivity index (χ2n) is 7.16. The number of ether oxygens (including phenoxy) is 2. The molecule has 6 nitrogen and oxygen atoms in total. The van der Waals surface area contributed by atoms with Crippen LogP contribution in [0.4, 0.5) is 0 Å². The van der Waals surface area contributed by atoms with Gasteiger partial charge in [0.05, 0.1) is 32.7 Å². The van der Waals surface area contributed by atoms with E-state index in [1.165, 1.54) is 0 Å². The number of carbonyl (C=O) groups excluding carboxylic acids is 1. The lowest BCUT2D eigenvalue weighted by atomic mass is 10.1. The van der Waals surface area contributed by atoms with E-state index in [9.17, 15) is 4.79 Å². The van der Waals surface area contributed by atoms with Crippen LogP contribution in [0.25, 0.3) is 11.3 Å². The fourth-order valence-corrected chi connectivity index (χ4v) is 3.36. The molecule has 1 aliphatic carbocycles. The van der Waals surface area contributed by atoms with E-state index in [1.54, 1.807) is 14.2 Å². The van der Waals surface area contributed by atoms with E-state index in [0.717, 1.165) is 41.2 Å². The summed E-state index contributed by atoms with van der Waals surface area (Å²) >= 11 is 0. The normalized spacial score (nSPS) is 13.2. The van der Waals surface area contributed by atoms with Crippen LogP contribution in [0, 0.1) is 0 Å². The predicted molar refractivity (Wildman–Crippen MR) is 109 cm³/mol. The topological polar surface area (TPSA) is 64.8 Å². The van der Waals surface area contributed by atoms with Crippen molar-refractivity contribution < 1.29 is 18.8 Å². The maximum absolute atomic E-state index is 12.9. The molecule has 1 heterocycles. The van der Waals surface area contributed by atoms with Crippen molar-refractivity contribution in [1.29, 1.82) is 0 Å². The lowest BCUT2D eigenvalue weighted by Gasteiger charge is -2.21. The van der Waals surface area contributed by atoms with Crippen molar-refractivity contribution in [3.63, 3.8) is 0 Å². The first-order chi connectivity index (χ1) is 14.2. The van der Waals surface area contributed by atoms with Gasteiger partial charge in [-0.15, -0.1) is 0 Å². The van der Waals surface area contributed by atoms with Gasteiger partial charge in [0, 0.05) is 12.1 Å². The first-order valence-corrected chi connectivity index (χ1v) is 9.69. The van der Waals surface area contributed by atoms with E-state index in [0.29, 0.717) is 18.7 Å². The molecule has 0 N–H and O–H groups in total. The highest BCUT2D eigenvalue weighted by Gasteiger charge is 2.33. The molecule has 3 aromatic rings. The van der Waals surface area contributed by atoms with Crippen LogP contribution >= 0.6 is 0 Å². The second-order valence-corrected chi connectivity index (χ2v) is 7.16. The monoisotopic (exact) mass is 392 g/mol. The Bertz CT molecular complexity index is 977. The number of rotatable bonds is 8. The van der Waals surface area contributed by atoms with Crippen molar-refractivity contribution in [3.05, 3.63) is 65.9 Å². The Morgan fingerprint density at radius 2 is 1.86 bits per heavy atom. The van der Waals surface area contributed by atoms with Crippen LogP contribution in [0.1, 0.15) is 24.1 Å². The Hall–Kier alpha value is -3.28. The molecule has 29 heavy (non-hydrogen) atoms. The molecular weight excluding hydrogens is 368 g/mol. The van der Waals surface area contributed by atoms with Gasteiger partial charge in [-0.05, 0) is 42.7 Å². The largest absolute Gasteiger partial charge is 0.497 e. The Morgan fingerprint density at radius 1 is 1.10 bits per heavy atom. The van der Waals surface area contributed by atoms with E-state index in [2.05, 4.69) is 5.16 Å². The maximum Gasteiger partial charge on any atom is 0.227 e. The van der Waals surface area contributed by atoms with Crippen molar-refractivity contribution in [2.24, 2.45) is 0 Å². The van der Waals surface area contributed by atoms with Crippen molar-refractivity contribution in [3.8, 4) is 22.8 Å². The van der Waals surface area contributed by atoms with E-state index < -0.39 is 0 Å². The molecule has 0 aliphatic heterocycles. The number of methoxy groups -OCH3 is 2. The maximum atomic E-state index is 12.9. The Labute approximate surface area is 170 Å². The molecule has 0 saturated heterocycles. The van der Waals surface area contributed by atoms with Gasteiger partial charge in [0.1, 0.15) is 17.2 Å². The lowest BCUT2D eigenvalue weighted by Crippen LogP contribution is -2.33. The molecular formula is C23H24N2O4. The van der Waals surface area contributed by atoms with Gasteiger partial charge >= 0.3 is 0 Å². The molecule has 1 saturated carbocycles. The molecule has 4 rings (SSSR count). The predicted octanol–water partition coefficient (Wildman–Crippen LogP) is 4.09. The molecule has 0 atom stereocenters. The number of hydrogen-bond acceptors (Lipinski definition) is 5. The van der Waals surface area contributed by atoms with Gasteiger partial charge < -0.3 is 18.9 Å². The number of aromatic nitrogens is 1. The zero-order valence-electron chi connectivity index (χ0n) is 16.6. The lowest BCUT2D eigenvalue weighted by molar-refractivity contribution is -0.131. The van der Waals surface area contributed by atoms with Crippen molar-refractivity contribution in [2.45, 2.75) is 31.8 Å². The molecule has 0 spiro atoms. The van der Waals surface area contributed by atoms with Gasteiger partial charge in [0.15, 0.2) is 5.76 Å². The quantitative estimate of drug-likeness (QED) is 0.578. The average Bonchev–Trinajstić information content (AvgIpc) is 3.49. The average molecular weight is 392 g/mol. The van der Waals surface area contributed by atoms with Crippen LogP contribution < -0.4 is 9.47 Å². The highest BCUT2D eigenvalue weighted by molar-refractivity contribution is 5.79. The van der Waals surface area contributed by atoms with Gasteiger partial charge in [-0.3, -0.25) is 4.79 Å². The summed E-state index contributed by atoms with van der Waals surface area (Å²) in [5.41, 5.74) is 2.55. The highest BCUT2D eigenvalue weighted by atomic mass is 16.5. The van der Waals surface area contributed by atoms with Crippen LogP contribution in [0.5, 0.6) is 11.5 Å². The molecule has 6 heteroatoms. The first kappa shape index (κ1) is 19.1. The summed E-state index contributed by atoms with van der Waals surface area (Å²) in [6.07, 6.45) is 2.43. The minimum absolute atomic E-state index is 0.0968. The number of hydrogen-bond donors (Lipinski definition) is 0. The van der Waals surface area contributed by atoms with Gasteiger partial charge in [-0.25, -0.2) is 0 Å². The summed E-state index contributed by atoms with van der Waals surface area (Å²) in [4.78, 5) is 14.9. The second kappa shape index (κ2) is 8.39. The number of carbonyl (C=O) groups is 1. The van der Waals surface area contributed by atoms with Crippen molar-refractivity contribution in [1.82, 2.24) is 10.1 Å². The number of para-hydroxylation sites is 1. The number of amides is 1. The molecule has 0 bridgehead atoms. The summed E-state index contributed by atoms with van der Waals surface area (Å²) in [6.45, 7) is 0.443. The molecule has 1 amide bonds. The number of nitrogens with zero attached hydrogens (tertiary/aromatic N) is 2. The third kappa shape index (κ3) is 4.42. The van der Waals surface area contributed by atoms with Gasteiger partial charge in [-0.1, -0.05) is 29.4 Å². The zero-order valence-corrected chi connectivity index (χ0v) is 16.6. The standard InChI is InChI=1S/C23H24N2O4/c1-27-19-11-7-16(8-12-19)13-23(26)25(18-9-10-18)15-17-14-22(29-24-17)20-5-3-4-6-21(20)28-2/h3-8,11-12,14,18H,9-10,13,15H2,1-2H3. The summed E-state index contributed by atoms with van der Waals surface area (Å²) in [6, 6.07) is 17.4. The van der Waals surface area contributed by atoms with Crippen LogP contribution in [-0.4, -0.2) is 36.2 Å². The Balaban J connectivity index is 1.47. The van der Waals surface area contributed by atoms with Gasteiger partial charge in [0.2, 0.25) is 5.91 Å². The van der Waals surface area contributed by atoms with E-state index in [4.69, 9.17) is 14.0 Å². The summed E-state index contributed by atoms with van der Waals surface area (Å²) < 4.78 is 16.1. The van der Waals surface area contributed by atoms with Crippen LogP contribution in [0.3, 0.4) is 0 Å². The fourth-order valence-electron chi connectivity index (χ4n) is 3.36. The molecule has 1 fully saturated rings. The van der Waals surface area contributed by atoms with Gasteiger partial charge in [-0.2, -0.15) is 0 Å². The number of benzene rings is 2. The summed E-state index contributed by atoms with van der Waals surface area (Å²) in [5.74, 6) is 2.24. The van der Waals surface area contributed by atoms with Crippen molar-refractivity contribution >= 4 is 5.91 Å². The molecule has 2 aromatic carbocycles. The Morgan fingerprint density at radius 3 is 2.55 bits per heavy atom. The first-order valence-electron chi connectivity index (χ1n) is 9.69. The Kier molecular flexibility index (Phi) is 5.51. The molecule has 1 aliphatic rings. The minimum Gasteiger partial charge on any atom is -0.497 e. The molecule has 0 unspecified atom stereocenters. The van der Waals surface area contributed by atoms with E-state index in [-0.39, 0.29) is 11.9 Å². The van der Waals surface area contributed by atoms with Crippen LogP contribution in [0.15, 0.2) is 59.1 Å². The zero-order chi connectivity index (χ0) is 20.2. The smallest absolute Gasteiger partial charge is 0.227 e. The van der Waals surface area contributed by atoms with Crippen LogP contribution in [-0.2, 0) is 17.8 Å². The van der Waals surface area contributed by atoms with E-state index >= 15 is 0 Å². The van der Waals surface area contributed by atoms with E-state index in [1.807, 2.05) is 59.5 Å². The van der Waals surface area contributed by atoms with Gasteiger partial charge in [0.25, 0.3) is 0 Å². The SMILES string of the molecule is COc1ccc(CC(=O)N(Cc2cc(-c3ccccc3OC)on2)C2CC2)cc1. The molecule has 0 radical (unpaired) electrons. The van der Waals surface area contributed by atoms with Crippen molar-refractivity contribution in [2.75, 3.05) is 14.2 Å². The third-order valence-electron chi connectivity index (χ3n) is 5.09.